The van der Waals surface area contributed by atoms with Crippen molar-refractivity contribution in [2.45, 2.75) is 77.6 Å². The first-order valence-electron chi connectivity index (χ1n) is 8.84. The van der Waals surface area contributed by atoms with Crippen LogP contribution >= 0.6 is 12.2 Å². The minimum absolute atomic E-state index is 0.763. The molecule has 0 bridgehead atoms. The van der Waals surface area contributed by atoms with Crippen molar-refractivity contribution in [3.8, 4) is 0 Å². The second kappa shape index (κ2) is 14.8. The van der Waals surface area contributed by atoms with Gasteiger partial charge in [0, 0.05) is 5.69 Å². The number of benzene rings is 1. The van der Waals surface area contributed by atoms with Crippen LogP contribution in [0.1, 0.15) is 76.7 Å². The average Bonchev–Trinajstić information content (AvgIpc) is 2.58. The second-order valence-electron chi connectivity index (χ2n) is 5.95. The summed E-state index contributed by atoms with van der Waals surface area (Å²) in [6, 6.07) is 8.17. The Morgan fingerprint density at radius 2 is 1.43 bits per heavy atom. The minimum Gasteiger partial charge on any atom is -0.691 e. The topological polar surface area (TPSA) is 53.5 Å². The van der Waals surface area contributed by atoms with E-state index in [2.05, 4.69) is 33.2 Å². The fourth-order valence-corrected chi connectivity index (χ4v) is 2.93. The van der Waals surface area contributed by atoms with Crippen molar-refractivity contribution in [2.75, 3.05) is 4.72 Å². The van der Waals surface area contributed by atoms with Crippen LogP contribution in [0.3, 0.4) is 0 Å². The van der Waals surface area contributed by atoms with Gasteiger partial charge >= 0.3 is 0 Å². The van der Waals surface area contributed by atoms with E-state index < -0.39 is 0 Å². The molecule has 23 heavy (non-hydrogen) atoms. The maximum absolute atomic E-state index is 9.66. The molecule has 1 aromatic rings. The van der Waals surface area contributed by atoms with Gasteiger partial charge in [0.25, 0.3) is 0 Å². The van der Waals surface area contributed by atoms with Gasteiger partial charge in [-0.2, -0.15) is 0 Å². The summed E-state index contributed by atoms with van der Waals surface area (Å²) in [7, 11) is 0. The van der Waals surface area contributed by atoms with Gasteiger partial charge in [-0.15, -0.1) is 4.33 Å². The first kappa shape index (κ1) is 20.3. The van der Waals surface area contributed by atoms with Crippen LogP contribution in [0.25, 0.3) is 0 Å². The van der Waals surface area contributed by atoms with Gasteiger partial charge in [-0.05, 0) is 30.5 Å². The third-order valence-corrected chi connectivity index (χ3v) is 4.44. The molecule has 0 fully saturated rings. The molecule has 0 saturated carbocycles. The first-order valence-corrected chi connectivity index (χ1v) is 9.58. The number of unbranched alkanes of at least 4 members (excludes halogenated alkanes) is 9. The lowest BCUT2D eigenvalue weighted by Crippen LogP contribution is -2.02. The summed E-state index contributed by atoms with van der Waals surface area (Å²) in [6.45, 7) is 2.27. The third-order valence-electron chi connectivity index (χ3n) is 3.99. The van der Waals surface area contributed by atoms with Crippen LogP contribution < -0.4 is 9.98 Å². The molecule has 1 aromatic carbocycles. The number of aryl methyl sites for hydroxylation is 1. The Bertz CT molecular complexity index is 373. The summed E-state index contributed by atoms with van der Waals surface area (Å²) in [5.41, 5.74) is 2.24. The summed E-state index contributed by atoms with van der Waals surface area (Å²) >= 11 is 0.763. The van der Waals surface area contributed by atoms with Crippen molar-refractivity contribution in [3.05, 3.63) is 29.8 Å². The number of hydrogen-bond donors (Lipinski definition) is 1. The Hall–Kier alpha value is -0.750. The number of hydrogen-bond acceptors (Lipinski definition) is 5. The van der Waals surface area contributed by atoms with Crippen LogP contribution in [0, 0.1) is 0 Å². The molecule has 0 atom stereocenters. The molecule has 5 heteroatoms. The zero-order valence-electron chi connectivity index (χ0n) is 14.2. The standard InChI is InChI=1S/C18H31NO3S/c1-2-3-4-5-6-7-8-9-10-11-12-17-13-15-18(16-14-17)19-23-22-21-20/h13-16,19-20H,2-12H2,1H3/p-1. The average molecular weight is 341 g/mol. The Balaban J connectivity index is 1.97. The molecule has 0 aliphatic carbocycles. The zero-order chi connectivity index (χ0) is 16.6. The first-order chi connectivity index (χ1) is 11.4. The number of nitrogens with one attached hydrogen (secondary N) is 1. The monoisotopic (exact) mass is 340 g/mol. The summed E-state index contributed by atoms with van der Waals surface area (Å²) in [5.74, 6) is 0. The molecule has 132 valence electrons. The van der Waals surface area contributed by atoms with Gasteiger partial charge in [0.05, 0.1) is 0 Å². The van der Waals surface area contributed by atoms with Gasteiger partial charge in [-0.3, -0.25) is 5.04 Å². The molecule has 0 spiro atoms. The fraction of sp³-hybridized carbons (Fsp3) is 0.667. The van der Waals surface area contributed by atoms with E-state index in [-0.39, 0.29) is 0 Å². The van der Waals surface area contributed by atoms with Crippen LogP contribution in [-0.4, -0.2) is 0 Å². The molecule has 0 radical (unpaired) electrons. The van der Waals surface area contributed by atoms with Gasteiger partial charge in [0.15, 0.2) is 0 Å². The van der Waals surface area contributed by atoms with Crippen LogP contribution in [0.2, 0.25) is 0 Å². The van der Waals surface area contributed by atoms with E-state index in [1.165, 1.54) is 69.8 Å². The molecule has 0 heterocycles. The SMILES string of the molecule is CCCCCCCCCCCCc1ccc(NSOO[O-])cc1. The van der Waals surface area contributed by atoms with Crippen molar-refractivity contribution >= 4 is 17.9 Å². The van der Waals surface area contributed by atoms with Gasteiger partial charge in [-0.1, -0.05) is 76.8 Å². The highest BCUT2D eigenvalue weighted by molar-refractivity contribution is 7.95. The Morgan fingerprint density at radius 3 is 2.00 bits per heavy atom. The van der Waals surface area contributed by atoms with Gasteiger partial charge in [0.1, 0.15) is 12.2 Å². The second-order valence-corrected chi connectivity index (χ2v) is 6.46. The Kier molecular flexibility index (Phi) is 13.1. The number of rotatable bonds is 15. The lowest BCUT2D eigenvalue weighted by atomic mass is 10.0. The lowest BCUT2D eigenvalue weighted by molar-refractivity contribution is -0.777. The van der Waals surface area contributed by atoms with Gasteiger partial charge in [0.2, 0.25) is 0 Å². The van der Waals surface area contributed by atoms with Crippen molar-refractivity contribution in [1.29, 1.82) is 0 Å². The highest BCUT2D eigenvalue weighted by atomic mass is 32.2. The molecule has 0 unspecified atom stereocenters. The molecule has 0 aliphatic heterocycles. The van der Waals surface area contributed by atoms with Crippen LogP contribution in [0.4, 0.5) is 5.69 Å². The fourth-order valence-electron chi connectivity index (χ4n) is 2.64. The van der Waals surface area contributed by atoms with E-state index in [0.29, 0.717) is 0 Å². The molecule has 0 saturated heterocycles. The lowest BCUT2D eigenvalue weighted by Gasteiger charge is -2.07. The normalized spacial score (nSPS) is 10.9. The van der Waals surface area contributed by atoms with E-state index in [1.807, 2.05) is 12.1 Å². The summed E-state index contributed by atoms with van der Waals surface area (Å²) in [4.78, 5) is 0. The van der Waals surface area contributed by atoms with Gasteiger partial charge in [-0.25, -0.2) is 0 Å². The maximum Gasteiger partial charge on any atom is 0.148 e. The van der Waals surface area contributed by atoms with Crippen molar-refractivity contribution in [2.24, 2.45) is 0 Å². The zero-order valence-corrected chi connectivity index (χ0v) is 15.0. The van der Waals surface area contributed by atoms with E-state index in [4.69, 9.17) is 0 Å². The van der Waals surface area contributed by atoms with Crippen LogP contribution in [0.5, 0.6) is 0 Å². The van der Waals surface area contributed by atoms with Crippen LogP contribution in [0.15, 0.2) is 24.3 Å². The number of anilines is 1. The van der Waals surface area contributed by atoms with Crippen molar-refractivity contribution in [3.63, 3.8) is 0 Å². The van der Waals surface area contributed by atoms with E-state index in [1.54, 1.807) is 0 Å². The van der Waals surface area contributed by atoms with E-state index >= 15 is 0 Å². The van der Waals surface area contributed by atoms with Crippen LogP contribution in [-0.2, 0) is 15.8 Å². The molecule has 0 aromatic heterocycles. The predicted octanol–water partition coefficient (Wildman–Crippen LogP) is 5.35. The highest BCUT2D eigenvalue weighted by Gasteiger charge is 1.97. The van der Waals surface area contributed by atoms with Crippen molar-refractivity contribution < 1.29 is 14.6 Å². The maximum atomic E-state index is 9.66. The summed E-state index contributed by atoms with van der Waals surface area (Å²) < 4.78 is 7.01. The largest absolute Gasteiger partial charge is 0.691 e. The molecule has 1 rings (SSSR count). The van der Waals surface area contributed by atoms with E-state index in [0.717, 1.165) is 24.3 Å². The smallest absolute Gasteiger partial charge is 0.148 e. The Labute approximate surface area is 145 Å². The molecular weight excluding hydrogens is 310 g/mol. The highest BCUT2D eigenvalue weighted by Crippen LogP contribution is 2.16. The molecular formula is C18H30NO3S-. The van der Waals surface area contributed by atoms with Crippen molar-refractivity contribution in [1.82, 2.24) is 0 Å². The van der Waals surface area contributed by atoms with E-state index in [9.17, 15) is 5.26 Å². The Morgan fingerprint density at radius 1 is 0.870 bits per heavy atom. The third kappa shape index (κ3) is 11.4. The predicted molar refractivity (Wildman–Crippen MR) is 95.4 cm³/mol. The van der Waals surface area contributed by atoms with Gasteiger partial charge < -0.3 is 9.98 Å². The molecule has 4 nitrogen and oxygen atoms in total. The summed E-state index contributed by atoms with van der Waals surface area (Å²) in [5, 5.41) is 12.9. The quantitative estimate of drug-likeness (QED) is 0.153. The molecule has 0 amide bonds. The summed E-state index contributed by atoms with van der Waals surface area (Å²) in [6.07, 6.45) is 14.8. The molecule has 1 N–H and O–H groups in total. The molecule has 0 aliphatic rings. The minimum atomic E-state index is 0.763.